The Morgan fingerprint density at radius 1 is 1.53 bits per heavy atom. The Morgan fingerprint density at radius 2 is 2.33 bits per heavy atom. The fourth-order valence-corrected chi connectivity index (χ4v) is 1.11. The molecule has 0 spiro atoms. The third-order valence-electron chi connectivity index (χ3n) is 1.97. The molecule has 1 aromatic carbocycles. The van der Waals surface area contributed by atoms with Crippen LogP contribution in [0.15, 0.2) is 29.4 Å². The Balaban J connectivity index is 2.56. The highest BCUT2D eigenvalue weighted by molar-refractivity contribution is 5.49. The monoisotopic (exact) mass is 205 g/mol. The van der Waals surface area contributed by atoms with E-state index in [1.165, 1.54) is 6.07 Å². The third-order valence-corrected chi connectivity index (χ3v) is 1.97. The van der Waals surface area contributed by atoms with E-state index >= 15 is 0 Å². The van der Waals surface area contributed by atoms with E-state index in [4.69, 9.17) is 5.53 Å². The highest BCUT2D eigenvalue weighted by atomic mass is 19.1. The van der Waals surface area contributed by atoms with Crippen LogP contribution in [0.4, 0.5) is 4.39 Å². The molecule has 4 heteroatoms. The molecule has 3 nitrogen and oxygen atoms in total. The van der Waals surface area contributed by atoms with Crippen molar-refractivity contribution in [2.45, 2.75) is 13.3 Å². The molecule has 0 radical (unpaired) electrons. The molecular formula is C11H12FN3. The zero-order valence-corrected chi connectivity index (χ0v) is 8.52. The number of hydrogen-bond donors (Lipinski definition) is 0. The number of nitrogens with zero attached hydrogens (tertiary/aromatic N) is 3. The Hall–Kier alpha value is -1.80. The third kappa shape index (κ3) is 3.83. The molecule has 15 heavy (non-hydrogen) atoms. The Kier molecular flexibility index (Phi) is 4.38. The first-order chi connectivity index (χ1) is 7.24. The molecule has 0 saturated carbocycles. The highest BCUT2D eigenvalue weighted by Gasteiger charge is 1.95. The van der Waals surface area contributed by atoms with E-state index in [9.17, 15) is 4.39 Å². The first-order valence-electron chi connectivity index (χ1n) is 4.67. The Morgan fingerprint density at radius 3 is 3.00 bits per heavy atom. The van der Waals surface area contributed by atoms with Gasteiger partial charge in [0.25, 0.3) is 0 Å². The molecule has 0 N–H and O–H groups in total. The second kappa shape index (κ2) is 5.83. The van der Waals surface area contributed by atoms with Crippen molar-refractivity contribution in [2.24, 2.45) is 5.11 Å². The summed E-state index contributed by atoms with van der Waals surface area (Å²) < 4.78 is 13.1. The number of benzene rings is 1. The molecule has 0 aliphatic rings. The molecule has 0 heterocycles. The van der Waals surface area contributed by atoms with Gasteiger partial charge in [-0.25, -0.2) is 4.39 Å². The number of hydrogen-bond acceptors (Lipinski definition) is 1. The van der Waals surface area contributed by atoms with Crippen LogP contribution >= 0.6 is 0 Å². The minimum Gasteiger partial charge on any atom is -0.207 e. The molecule has 0 aromatic heterocycles. The van der Waals surface area contributed by atoms with E-state index in [2.05, 4.69) is 10.0 Å². The van der Waals surface area contributed by atoms with E-state index in [0.717, 1.165) is 5.56 Å². The standard InChI is InChI=1S/C11H12FN3/c1-9-5-6-10(8-11(9)12)4-2-3-7-14-15-13/h2,4-6,8H,3,7H2,1H3. The minimum absolute atomic E-state index is 0.202. The van der Waals surface area contributed by atoms with Gasteiger partial charge in [0.1, 0.15) is 5.82 Å². The average Bonchev–Trinajstić information content (AvgIpc) is 2.23. The first kappa shape index (κ1) is 11.3. The maximum atomic E-state index is 13.1. The molecule has 0 amide bonds. The lowest BCUT2D eigenvalue weighted by Crippen LogP contribution is -1.82. The predicted octanol–water partition coefficient (Wildman–Crippen LogP) is 3.85. The summed E-state index contributed by atoms with van der Waals surface area (Å²) in [5.74, 6) is -0.202. The van der Waals surface area contributed by atoms with Crippen LogP contribution in [0.2, 0.25) is 0 Å². The summed E-state index contributed by atoms with van der Waals surface area (Å²) in [7, 11) is 0. The summed E-state index contributed by atoms with van der Waals surface area (Å²) in [5.41, 5.74) is 9.49. The molecule has 1 rings (SSSR count). The van der Waals surface area contributed by atoms with Crippen molar-refractivity contribution < 1.29 is 4.39 Å². The smallest absolute Gasteiger partial charge is 0.126 e. The zero-order chi connectivity index (χ0) is 11.1. The van der Waals surface area contributed by atoms with E-state index in [1.54, 1.807) is 13.0 Å². The van der Waals surface area contributed by atoms with Crippen molar-refractivity contribution in [2.75, 3.05) is 6.54 Å². The minimum atomic E-state index is -0.202. The van der Waals surface area contributed by atoms with Crippen molar-refractivity contribution in [3.63, 3.8) is 0 Å². The van der Waals surface area contributed by atoms with Crippen molar-refractivity contribution in [3.05, 3.63) is 51.7 Å². The van der Waals surface area contributed by atoms with Crippen LogP contribution in [0.5, 0.6) is 0 Å². The number of halogens is 1. The maximum Gasteiger partial charge on any atom is 0.126 e. The van der Waals surface area contributed by atoms with Gasteiger partial charge in [-0.3, -0.25) is 0 Å². The Bertz CT molecular complexity index is 406. The van der Waals surface area contributed by atoms with Crippen molar-refractivity contribution in [1.82, 2.24) is 0 Å². The molecule has 0 atom stereocenters. The van der Waals surface area contributed by atoms with Crippen LogP contribution in [0.3, 0.4) is 0 Å². The van der Waals surface area contributed by atoms with Gasteiger partial charge in [-0.15, -0.1) is 0 Å². The van der Waals surface area contributed by atoms with Gasteiger partial charge in [0.15, 0.2) is 0 Å². The van der Waals surface area contributed by atoms with E-state index < -0.39 is 0 Å². The number of aryl methyl sites for hydroxylation is 1. The molecule has 0 unspecified atom stereocenters. The maximum absolute atomic E-state index is 13.1. The molecular weight excluding hydrogens is 193 g/mol. The lowest BCUT2D eigenvalue weighted by Gasteiger charge is -1.97. The summed E-state index contributed by atoms with van der Waals surface area (Å²) >= 11 is 0. The zero-order valence-electron chi connectivity index (χ0n) is 8.52. The molecule has 0 saturated heterocycles. The van der Waals surface area contributed by atoms with Gasteiger partial charge in [-0.1, -0.05) is 29.4 Å². The van der Waals surface area contributed by atoms with Gasteiger partial charge < -0.3 is 0 Å². The largest absolute Gasteiger partial charge is 0.207 e. The molecule has 0 bridgehead atoms. The van der Waals surface area contributed by atoms with Crippen LogP contribution < -0.4 is 0 Å². The van der Waals surface area contributed by atoms with Crippen molar-refractivity contribution in [1.29, 1.82) is 0 Å². The molecule has 0 aliphatic heterocycles. The van der Waals surface area contributed by atoms with Gasteiger partial charge in [-0.2, -0.15) is 0 Å². The number of azide groups is 1. The van der Waals surface area contributed by atoms with Gasteiger partial charge in [0.2, 0.25) is 0 Å². The molecule has 1 aromatic rings. The second-order valence-electron chi connectivity index (χ2n) is 3.15. The SMILES string of the molecule is Cc1ccc(C=CCCN=[N+]=[N-])cc1F. The fraction of sp³-hybridized carbons (Fsp3) is 0.273. The lowest BCUT2D eigenvalue weighted by atomic mass is 10.1. The van der Waals surface area contributed by atoms with Crippen LogP contribution in [-0.2, 0) is 0 Å². The van der Waals surface area contributed by atoms with Crippen LogP contribution in [-0.4, -0.2) is 6.54 Å². The van der Waals surface area contributed by atoms with E-state index in [-0.39, 0.29) is 5.82 Å². The van der Waals surface area contributed by atoms with Gasteiger partial charge in [0.05, 0.1) is 0 Å². The van der Waals surface area contributed by atoms with Crippen molar-refractivity contribution in [3.8, 4) is 0 Å². The summed E-state index contributed by atoms with van der Waals surface area (Å²) in [4.78, 5) is 2.64. The molecule has 78 valence electrons. The number of rotatable bonds is 4. The van der Waals surface area contributed by atoms with Crippen molar-refractivity contribution >= 4 is 6.08 Å². The Labute approximate surface area is 87.9 Å². The summed E-state index contributed by atoms with van der Waals surface area (Å²) in [6.07, 6.45) is 4.34. The van der Waals surface area contributed by atoms with E-state index in [0.29, 0.717) is 18.5 Å². The highest BCUT2D eigenvalue weighted by Crippen LogP contribution is 2.10. The van der Waals surface area contributed by atoms with E-state index in [1.807, 2.05) is 18.2 Å². The summed E-state index contributed by atoms with van der Waals surface area (Å²) in [6, 6.07) is 5.07. The second-order valence-corrected chi connectivity index (χ2v) is 3.15. The predicted molar refractivity (Wildman–Crippen MR) is 58.8 cm³/mol. The summed E-state index contributed by atoms with van der Waals surface area (Å²) in [5, 5.41) is 3.39. The molecule has 0 fully saturated rings. The van der Waals surface area contributed by atoms with Crippen LogP contribution in [0.25, 0.3) is 16.5 Å². The quantitative estimate of drug-likeness (QED) is 0.310. The summed E-state index contributed by atoms with van der Waals surface area (Å²) in [6.45, 7) is 2.16. The van der Waals surface area contributed by atoms with Gasteiger partial charge >= 0.3 is 0 Å². The van der Waals surface area contributed by atoms with Crippen LogP contribution in [0.1, 0.15) is 17.5 Å². The fourth-order valence-electron chi connectivity index (χ4n) is 1.11. The first-order valence-corrected chi connectivity index (χ1v) is 4.67. The normalized spacial score (nSPS) is 10.3. The van der Waals surface area contributed by atoms with Crippen LogP contribution in [0, 0.1) is 12.7 Å². The molecule has 0 aliphatic carbocycles. The average molecular weight is 205 g/mol. The lowest BCUT2D eigenvalue weighted by molar-refractivity contribution is 0.618. The van der Waals surface area contributed by atoms with Gasteiger partial charge in [-0.05, 0) is 36.1 Å². The topological polar surface area (TPSA) is 48.8 Å². The van der Waals surface area contributed by atoms with Gasteiger partial charge in [0, 0.05) is 11.5 Å².